The molecule has 3 N–H and O–H groups in total. The lowest BCUT2D eigenvalue weighted by Crippen LogP contribution is -2.17. The number of carbonyl (C=O) groups excluding carboxylic acids is 1. The number of fused-ring (bicyclic) bond motifs is 1. The number of nitrogens with one attached hydrogen (secondary N) is 1. The number of anilines is 1. The Morgan fingerprint density at radius 3 is 2.76 bits per heavy atom. The molecule has 3 rings (SSSR count). The predicted molar refractivity (Wildman–Crippen MR) is 102 cm³/mol. The van der Waals surface area contributed by atoms with E-state index >= 15 is 0 Å². The second-order valence-corrected chi connectivity index (χ2v) is 9.09. The standard InChI is InChI=1S/C16H15N3O3S3/c1-10-6-7-11(8-14(10)25(17,21)22)18-15(20)9-23-16-19-12-4-2-3-5-13(12)24-16/h2-8H,9H2,1H3,(H,18,20)(H2,17,21,22). The zero-order valence-corrected chi connectivity index (χ0v) is 15.7. The highest BCUT2D eigenvalue weighted by Crippen LogP contribution is 2.29. The topological polar surface area (TPSA) is 102 Å². The molecular weight excluding hydrogens is 378 g/mol. The Balaban J connectivity index is 1.66. The van der Waals surface area contributed by atoms with Gasteiger partial charge in [-0.25, -0.2) is 18.5 Å². The molecule has 0 fully saturated rings. The number of hydrogen-bond acceptors (Lipinski definition) is 6. The molecular formula is C16H15N3O3S3. The van der Waals surface area contributed by atoms with Crippen LogP contribution >= 0.6 is 23.1 Å². The Morgan fingerprint density at radius 2 is 2.04 bits per heavy atom. The summed E-state index contributed by atoms with van der Waals surface area (Å²) in [7, 11) is -3.83. The zero-order valence-electron chi connectivity index (χ0n) is 13.2. The molecule has 0 saturated heterocycles. The molecule has 25 heavy (non-hydrogen) atoms. The van der Waals surface area contributed by atoms with Crippen LogP contribution in [0.25, 0.3) is 10.2 Å². The Morgan fingerprint density at radius 1 is 1.28 bits per heavy atom. The van der Waals surface area contributed by atoms with Crippen molar-refractivity contribution in [1.82, 2.24) is 4.98 Å². The van der Waals surface area contributed by atoms with Crippen molar-refractivity contribution in [2.24, 2.45) is 5.14 Å². The molecule has 0 aliphatic heterocycles. The Labute approximate surface area is 153 Å². The average molecular weight is 394 g/mol. The van der Waals surface area contributed by atoms with Crippen LogP contribution in [-0.4, -0.2) is 25.1 Å². The molecule has 0 aliphatic carbocycles. The van der Waals surface area contributed by atoms with Gasteiger partial charge in [0.15, 0.2) is 4.34 Å². The fourth-order valence-electron chi connectivity index (χ4n) is 2.22. The first-order valence-electron chi connectivity index (χ1n) is 7.24. The van der Waals surface area contributed by atoms with Gasteiger partial charge in [-0.3, -0.25) is 4.79 Å². The van der Waals surface area contributed by atoms with Crippen LogP contribution < -0.4 is 10.5 Å². The van der Waals surface area contributed by atoms with E-state index < -0.39 is 10.0 Å². The molecule has 6 nitrogen and oxygen atoms in total. The fraction of sp³-hybridized carbons (Fsp3) is 0.125. The minimum absolute atomic E-state index is 0.00382. The molecule has 9 heteroatoms. The largest absolute Gasteiger partial charge is 0.325 e. The Hall–Kier alpha value is -1.94. The molecule has 130 valence electrons. The molecule has 1 aromatic heterocycles. The molecule has 3 aromatic rings. The maximum Gasteiger partial charge on any atom is 0.238 e. The maximum atomic E-state index is 12.1. The number of hydrogen-bond donors (Lipinski definition) is 2. The third-order valence-corrected chi connectivity index (χ3v) is 6.61. The van der Waals surface area contributed by atoms with Crippen molar-refractivity contribution in [2.75, 3.05) is 11.1 Å². The number of para-hydroxylation sites is 1. The van der Waals surface area contributed by atoms with Crippen LogP contribution in [0.5, 0.6) is 0 Å². The van der Waals surface area contributed by atoms with Crippen LogP contribution in [0, 0.1) is 6.92 Å². The number of thiazole rings is 1. The van der Waals surface area contributed by atoms with Gasteiger partial charge in [0.1, 0.15) is 0 Å². The van der Waals surface area contributed by atoms with Gasteiger partial charge in [-0.1, -0.05) is 30.0 Å². The molecule has 2 aromatic carbocycles. The zero-order chi connectivity index (χ0) is 18.0. The minimum Gasteiger partial charge on any atom is -0.325 e. The van der Waals surface area contributed by atoms with Crippen LogP contribution in [0.2, 0.25) is 0 Å². The third-order valence-electron chi connectivity index (χ3n) is 3.38. The number of aryl methyl sites for hydroxylation is 1. The molecule has 0 unspecified atom stereocenters. The summed E-state index contributed by atoms with van der Waals surface area (Å²) < 4.78 is 25.0. The molecule has 0 aliphatic rings. The SMILES string of the molecule is Cc1ccc(NC(=O)CSc2nc3ccccc3s2)cc1S(N)(=O)=O. The molecule has 0 radical (unpaired) electrons. The number of primary sulfonamides is 1. The van der Waals surface area contributed by atoms with Crippen molar-refractivity contribution in [1.29, 1.82) is 0 Å². The predicted octanol–water partition coefficient (Wildman–Crippen LogP) is 2.98. The van der Waals surface area contributed by atoms with Crippen molar-refractivity contribution < 1.29 is 13.2 Å². The lowest BCUT2D eigenvalue weighted by molar-refractivity contribution is -0.113. The molecule has 1 heterocycles. The first-order valence-corrected chi connectivity index (χ1v) is 10.6. The number of benzene rings is 2. The number of amides is 1. The number of thioether (sulfide) groups is 1. The van der Waals surface area contributed by atoms with Crippen molar-refractivity contribution in [3.8, 4) is 0 Å². The summed E-state index contributed by atoms with van der Waals surface area (Å²) in [6.45, 7) is 1.65. The van der Waals surface area contributed by atoms with Crippen molar-refractivity contribution in [3.63, 3.8) is 0 Å². The maximum absolute atomic E-state index is 12.1. The van der Waals surface area contributed by atoms with Crippen LogP contribution in [-0.2, 0) is 14.8 Å². The summed E-state index contributed by atoms with van der Waals surface area (Å²) >= 11 is 2.87. The van der Waals surface area contributed by atoms with Gasteiger partial charge in [0, 0.05) is 5.69 Å². The van der Waals surface area contributed by atoms with E-state index in [0.29, 0.717) is 11.3 Å². The first kappa shape index (κ1) is 17.9. The van der Waals surface area contributed by atoms with Gasteiger partial charge in [0.2, 0.25) is 15.9 Å². The van der Waals surface area contributed by atoms with E-state index in [1.807, 2.05) is 24.3 Å². The van der Waals surface area contributed by atoms with E-state index in [1.165, 1.54) is 29.2 Å². The molecule has 0 spiro atoms. The molecule has 1 amide bonds. The highest BCUT2D eigenvalue weighted by molar-refractivity contribution is 8.01. The van der Waals surface area contributed by atoms with Crippen molar-refractivity contribution in [2.45, 2.75) is 16.2 Å². The van der Waals surface area contributed by atoms with Gasteiger partial charge >= 0.3 is 0 Å². The van der Waals surface area contributed by atoms with Crippen LogP contribution in [0.15, 0.2) is 51.7 Å². The van der Waals surface area contributed by atoms with Crippen LogP contribution in [0.4, 0.5) is 5.69 Å². The van der Waals surface area contributed by atoms with E-state index in [-0.39, 0.29) is 16.6 Å². The van der Waals surface area contributed by atoms with Crippen molar-refractivity contribution >= 4 is 54.9 Å². The first-order chi connectivity index (χ1) is 11.8. The van der Waals surface area contributed by atoms with E-state index in [0.717, 1.165) is 14.6 Å². The average Bonchev–Trinajstić information content (AvgIpc) is 2.96. The number of nitrogens with zero attached hydrogens (tertiary/aromatic N) is 1. The monoisotopic (exact) mass is 393 g/mol. The van der Waals surface area contributed by atoms with Gasteiger partial charge in [-0.2, -0.15) is 0 Å². The fourth-order valence-corrected chi connectivity index (χ4v) is 4.90. The quantitative estimate of drug-likeness (QED) is 0.649. The lowest BCUT2D eigenvalue weighted by atomic mass is 10.2. The normalized spacial score (nSPS) is 11.6. The molecule has 0 atom stereocenters. The minimum atomic E-state index is -3.83. The number of carbonyl (C=O) groups is 1. The molecule has 0 bridgehead atoms. The van der Waals surface area contributed by atoms with Crippen LogP contribution in [0.1, 0.15) is 5.56 Å². The highest BCUT2D eigenvalue weighted by Gasteiger charge is 2.13. The number of rotatable bonds is 5. The lowest BCUT2D eigenvalue weighted by Gasteiger charge is -2.08. The number of sulfonamides is 1. The molecule has 0 saturated carbocycles. The summed E-state index contributed by atoms with van der Waals surface area (Å²) in [5, 5.41) is 7.86. The number of aromatic nitrogens is 1. The van der Waals surface area contributed by atoms with Crippen LogP contribution in [0.3, 0.4) is 0 Å². The summed E-state index contributed by atoms with van der Waals surface area (Å²) in [6.07, 6.45) is 0. The second kappa shape index (κ2) is 7.12. The highest BCUT2D eigenvalue weighted by atomic mass is 32.2. The van der Waals surface area contributed by atoms with Crippen molar-refractivity contribution in [3.05, 3.63) is 48.0 Å². The summed E-state index contributed by atoms with van der Waals surface area (Å²) in [4.78, 5) is 16.6. The van der Waals surface area contributed by atoms with E-state index in [4.69, 9.17) is 5.14 Å². The second-order valence-electron chi connectivity index (χ2n) is 5.31. The van der Waals surface area contributed by atoms with Gasteiger partial charge in [-0.15, -0.1) is 11.3 Å². The van der Waals surface area contributed by atoms with Gasteiger partial charge in [0.25, 0.3) is 0 Å². The third kappa shape index (κ3) is 4.37. The summed E-state index contributed by atoms with van der Waals surface area (Å²) in [5.41, 5.74) is 1.83. The number of nitrogens with two attached hydrogens (primary N) is 1. The summed E-state index contributed by atoms with van der Waals surface area (Å²) in [6, 6.07) is 12.4. The summed E-state index contributed by atoms with van der Waals surface area (Å²) in [5.74, 6) is -0.0632. The van der Waals surface area contributed by atoms with Gasteiger partial charge in [0.05, 0.1) is 20.9 Å². The Kier molecular flexibility index (Phi) is 5.09. The van der Waals surface area contributed by atoms with Gasteiger partial charge < -0.3 is 5.32 Å². The smallest absolute Gasteiger partial charge is 0.238 e. The Bertz CT molecular complexity index is 1010. The van der Waals surface area contributed by atoms with E-state index in [2.05, 4.69) is 10.3 Å². The van der Waals surface area contributed by atoms with E-state index in [1.54, 1.807) is 19.1 Å². The van der Waals surface area contributed by atoms with E-state index in [9.17, 15) is 13.2 Å². The van der Waals surface area contributed by atoms with Gasteiger partial charge in [-0.05, 0) is 36.8 Å².